The minimum absolute atomic E-state index is 0.272. The lowest BCUT2D eigenvalue weighted by Gasteiger charge is -2.22. The monoisotopic (exact) mass is 234 g/mol. The van der Waals surface area contributed by atoms with Crippen molar-refractivity contribution in [3.05, 3.63) is 0 Å². The summed E-state index contributed by atoms with van der Waals surface area (Å²) in [4.78, 5) is 0. The second kappa shape index (κ2) is 6.45. The summed E-state index contributed by atoms with van der Waals surface area (Å²) in [7, 11) is -3.01. The first kappa shape index (κ1) is 12.9. The maximum Gasteiger partial charge on any atom is 0.211 e. The molecular formula is C10H22N2O2S. The van der Waals surface area contributed by atoms with Gasteiger partial charge in [-0.15, -0.1) is 0 Å². The van der Waals surface area contributed by atoms with E-state index in [9.17, 15) is 8.42 Å². The van der Waals surface area contributed by atoms with E-state index in [0.717, 1.165) is 38.8 Å². The summed E-state index contributed by atoms with van der Waals surface area (Å²) in [5.74, 6) is 0.789. The van der Waals surface area contributed by atoms with E-state index in [0.29, 0.717) is 12.5 Å². The first-order valence-corrected chi connectivity index (χ1v) is 7.47. The zero-order chi connectivity index (χ0) is 11.1. The molecule has 1 rings (SSSR count). The Kier molecular flexibility index (Phi) is 5.56. The number of hydrogen-bond acceptors (Lipinski definition) is 3. The molecule has 1 saturated heterocycles. The van der Waals surface area contributed by atoms with Gasteiger partial charge in [0, 0.05) is 6.54 Å². The van der Waals surface area contributed by atoms with Crippen molar-refractivity contribution in [3.63, 3.8) is 0 Å². The van der Waals surface area contributed by atoms with Gasteiger partial charge >= 0.3 is 0 Å². The van der Waals surface area contributed by atoms with Crippen LogP contribution in [0, 0.1) is 5.92 Å². The van der Waals surface area contributed by atoms with Gasteiger partial charge in [-0.3, -0.25) is 0 Å². The molecule has 5 heteroatoms. The Labute approximate surface area is 92.9 Å². The van der Waals surface area contributed by atoms with Crippen molar-refractivity contribution in [1.82, 2.24) is 10.0 Å². The number of sulfonamides is 1. The maximum absolute atomic E-state index is 11.5. The van der Waals surface area contributed by atoms with Gasteiger partial charge < -0.3 is 5.32 Å². The fourth-order valence-corrected chi connectivity index (χ4v) is 3.04. The minimum Gasteiger partial charge on any atom is -0.317 e. The standard InChI is InChI=1S/C10H22N2O2S/c1-2-3-8-15(13,14)12-9-10-4-6-11-7-5-10/h10-12H,2-9H2,1H3. The average molecular weight is 234 g/mol. The Balaban J connectivity index is 2.22. The van der Waals surface area contributed by atoms with Gasteiger partial charge in [0.2, 0.25) is 10.0 Å². The summed E-state index contributed by atoms with van der Waals surface area (Å²) in [5.41, 5.74) is 0. The second-order valence-corrected chi connectivity index (χ2v) is 6.14. The number of nitrogens with one attached hydrogen (secondary N) is 2. The third-order valence-corrected chi connectivity index (χ3v) is 4.25. The van der Waals surface area contributed by atoms with Gasteiger partial charge in [0.15, 0.2) is 0 Å². The Bertz CT molecular complexity index is 259. The van der Waals surface area contributed by atoms with Crippen LogP contribution < -0.4 is 10.0 Å². The summed E-state index contributed by atoms with van der Waals surface area (Å²) in [6, 6.07) is 0. The number of rotatable bonds is 6. The smallest absolute Gasteiger partial charge is 0.211 e. The quantitative estimate of drug-likeness (QED) is 0.711. The first-order valence-electron chi connectivity index (χ1n) is 5.82. The third-order valence-electron chi connectivity index (χ3n) is 2.82. The van der Waals surface area contributed by atoms with Gasteiger partial charge in [-0.2, -0.15) is 0 Å². The molecule has 2 N–H and O–H groups in total. The molecule has 15 heavy (non-hydrogen) atoms. The maximum atomic E-state index is 11.5. The largest absolute Gasteiger partial charge is 0.317 e. The second-order valence-electron chi connectivity index (χ2n) is 4.21. The Hall–Kier alpha value is -0.130. The molecule has 0 atom stereocenters. The van der Waals surface area contributed by atoms with Crippen LogP contribution in [-0.2, 0) is 10.0 Å². The Morgan fingerprint density at radius 3 is 2.60 bits per heavy atom. The molecular weight excluding hydrogens is 212 g/mol. The topological polar surface area (TPSA) is 58.2 Å². The molecule has 0 aromatic carbocycles. The van der Waals surface area contributed by atoms with Gasteiger partial charge in [-0.25, -0.2) is 13.1 Å². The summed E-state index contributed by atoms with van der Waals surface area (Å²) in [6.45, 7) is 4.65. The molecule has 1 aliphatic heterocycles. The zero-order valence-corrected chi connectivity index (χ0v) is 10.3. The highest BCUT2D eigenvalue weighted by atomic mass is 32.2. The van der Waals surface area contributed by atoms with Gasteiger partial charge in [-0.05, 0) is 38.3 Å². The molecule has 0 radical (unpaired) electrons. The molecule has 0 aromatic rings. The number of hydrogen-bond donors (Lipinski definition) is 2. The van der Waals surface area contributed by atoms with E-state index in [1.54, 1.807) is 0 Å². The van der Waals surface area contributed by atoms with E-state index in [1.165, 1.54) is 0 Å². The normalized spacial score (nSPS) is 19.3. The van der Waals surface area contributed by atoms with Crippen LogP contribution in [0.5, 0.6) is 0 Å². The fourth-order valence-electron chi connectivity index (χ4n) is 1.74. The predicted molar refractivity (Wildman–Crippen MR) is 62.3 cm³/mol. The summed E-state index contributed by atoms with van der Waals surface area (Å²) < 4.78 is 25.7. The highest BCUT2D eigenvalue weighted by Crippen LogP contribution is 2.10. The van der Waals surface area contributed by atoms with Crippen molar-refractivity contribution in [2.45, 2.75) is 32.6 Å². The van der Waals surface area contributed by atoms with Crippen molar-refractivity contribution in [2.75, 3.05) is 25.4 Å². The fraction of sp³-hybridized carbons (Fsp3) is 1.00. The molecule has 4 nitrogen and oxygen atoms in total. The highest BCUT2D eigenvalue weighted by molar-refractivity contribution is 7.89. The molecule has 0 saturated carbocycles. The van der Waals surface area contributed by atoms with Crippen molar-refractivity contribution < 1.29 is 8.42 Å². The van der Waals surface area contributed by atoms with E-state index in [2.05, 4.69) is 10.0 Å². The van der Waals surface area contributed by atoms with E-state index < -0.39 is 10.0 Å². The van der Waals surface area contributed by atoms with E-state index in [-0.39, 0.29) is 5.75 Å². The van der Waals surface area contributed by atoms with Crippen molar-refractivity contribution >= 4 is 10.0 Å². The Morgan fingerprint density at radius 1 is 1.33 bits per heavy atom. The highest BCUT2D eigenvalue weighted by Gasteiger charge is 2.16. The van der Waals surface area contributed by atoms with Crippen LogP contribution in [0.1, 0.15) is 32.6 Å². The zero-order valence-electron chi connectivity index (χ0n) is 9.46. The van der Waals surface area contributed by atoms with Crippen molar-refractivity contribution in [1.29, 1.82) is 0 Å². The molecule has 0 spiro atoms. The van der Waals surface area contributed by atoms with E-state index in [4.69, 9.17) is 0 Å². The van der Waals surface area contributed by atoms with Crippen LogP contribution in [0.25, 0.3) is 0 Å². The van der Waals surface area contributed by atoms with Crippen LogP contribution >= 0.6 is 0 Å². The number of unbranched alkanes of at least 4 members (excludes halogenated alkanes) is 1. The first-order chi connectivity index (χ1) is 7.14. The molecule has 0 aliphatic carbocycles. The summed E-state index contributed by atoms with van der Waals surface area (Å²) >= 11 is 0. The van der Waals surface area contributed by atoms with Gasteiger partial charge in [0.05, 0.1) is 5.75 Å². The van der Waals surface area contributed by atoms with Crippen LogP contribution in [-0.4, -0.2) is 33.8 Å². The SMILES string of the molecule is CCCCS(=O)(=O)NCC1CCNCC1. The average Bonchev–Trinajstić information content (AvgIpc) is 2.25. The third kappa shape index (κ3) is 5.49. The lowest BCUT2D eigenvalue weighted by Crippen LogP contribution is -2.36. The van der Waals surface area contributed by atoms with Crippen LogP contribution in [0.2, 0.25) is 0 Å². The molecule has 0 aromatic heterocycles. The van der Waals surface area contributed by atoms with Crippen LogP contribution in [0.3, 0.4) is 0 Å². The molecule has 1 heterocycles. The van der Waals surface area contributed by atoms with Crippen molar-refractivity contribution in [2.24, 2.45) is 5.92 Å². The van der Waals surface area contributed by atoms with Crippen molar-refractivity contribution in [3.8, 4) is 0 Å². The summed E-state index contributed by atoms with van der Waals surface area (Å²) in [6.07, 6.45) is 3.84. The lowest BCUT2D eigenvalue weighted by molar-refractivity contribution is 0.372. The van der Waals surface area contributed by atoms with E-state index >= 15 is 0 Å². The van der Waals surface area contributed by atoms with Gasteiger partial charge in [0.25, 0.3) is 0 Å². The lowest BCUT2D eigenvalue weighted by atomic mass is 9.99. The predicted octanol–water partition coefficient (Wildman–Crippen LogP) is 0.706. The van der Waals surface area contributed by atoms with Gasteiger partial charge in [-0.1, -0.05) is 13.3 Å². The van der Waals surface area contributed by atoms with Gasteiger partial charge in [0.1, 0.15) is 0 Å². The molecule has 1 fully saturated rings. The summed E-state index contributed by atoms with van der Waals surface area (Å²) in [5, 5.41) is 3.27. The molecule has 0 unspecified atom stereocenters. The number of piperidine rings is 1. The molecule has 1 aliphatic rings. The molecule has 90 valence electrons. The van der Waals surface area contributed by atoms with Crippen LogP contribution in [0.4, 0.5) is 0 Å². The van der Waals surface area contributed by atoms with E-state index in [1.807, 2.05) is 6.92 Å². The molecule has 0 bridgehead atoms. The Morgan fingerprint density at radius 2 is 2.00 bits per heavy atom. The molecule has 0 amide bonds. The minimum atomic E-state index is -3.01. The van der Waals surface area contributed by atoms with Crippen LogP contribution in [0.15, 0.2) is 0 Å².